The summed E-state index contributed by atoms with van der Waals surface area (Å²) in [5, 5.41) is 52.4. The smallest absolute Gasteiger partial charge is 0.251 e. The van der Waals surface area contributed by atoms with Crippen molar-refractivity contribution in [1.29, 1.82) is 0 Å². The Morgan fingerprint density at radius 1 is 0.833 bits per heavy atom. The molecule has 42 heavy (non-hydrogen) atoms. The SMILES string of the molecule is CCC1CCCC(OC2OC(CO)C(O)C3OC(C(=O)N(C)C)CCCCCOC23)C1OC1OC(C)C(O)C(O)C1O. The predicted molar refractivity (Wildman–Crippen MR) is 147 cm³/mol. The second-order valence-electron chi connectivity index (χ2n) is 12.3. The van der Waals surface area contributed by atoms with Crippen molar-refractivity contribution < 1.29 is 58.7 Å². The molecule has 0 aromatic heterocycles. The van der Waals surface area contributed by atoms with E-state index in [0.29, 0.717) is 19.4 Å². The lowest BCUT2D eigenvalue weighted by molar-refractivity contribution is -0.353. The molecule has 14 unspecified atom stereocenters. The summed E-state index contributed by atoms with van der Waals surface area (Å²) in [5.41, 5.74) is 0. The van der Waals surface area contributed by atoms with Crippen LogP contribution in [0.5, 0.6) is 0 Å². The molecule has 0 radical (unpaired) electrons. The van der Waals surface area contributed by atoms with E-state index in [2.05, 4.69) is 0 Å². The Morgan fingerprint density at radius 3 is 2.29 bits per heavy atom. The molecule has 4 rings (SSSR count). The number of nitrogens with zero attached hydrogens (tertiary/aromatic N) is 1. The third kappa shape index (κ3) is 7.63. The van der Waals surface area contributed by atoms with Gasteiger partial charge in [0, 0.05) is 20.7 Å². The minimum absolute atomic E-state index is 0.0424. The first-order valence-electron chi connectivity index (χ1n) is 15.5. The summed E-state index contributed by atoms with van der Waals surface area (Å²) < 4.78 is 37.2. The molecular weight excluding hydrogens is 554 g/mol. The van der Waals surface area contributed by atoms with Gasteiger partial charge in [0.05, 0.1) is 24.9 Å². The van der Waals surface area contributed by atoms with Crippen LogP contribution in [0.4, 0.5) is 0 Å². The van der Waals surface area contributed by atoms with Crippen LogP contribution in [0.1, 0.15) is 65.2 Å². The number of hydrogen-bond acceptors (Lipinski definition) is 12. The van der Waals surface area contributed by atoms with Gasteiger partial charge in [-0.3, -0.25) is 4.79 Å². The van der Waals surface area contributed by atoms with Crippen LogP contribution < -0.4 is 0 Å². The molecule has 3 aliphatic heterocycles. The van der Waals surface area contributed by atoms with E-state index in [-0.39, 0.29) is 11.8 Å². The molecular formula is C29H51NO12. The van der Waals surface area contributed by atoms with Crippen LogP contribution in [0.3, 0.4) is 0 Å². The molecule has 4 fully saturated rings. The van der Waals surface area contributed by atoms with Crippen molar-refractivity contribution in [3.05, 3.63) is 0 Å². The normalized spacial score (nSPS) is 45.5. The fourth-order valence-electron chi connectivity index (χ4n) is 6.49. The second-order valence-corrected chi connectivity index (χ2v) is 12.3. The molecule has 5 N–H and O–H groups in total. The summed E-state index contributed by atoms with van der Waals surface area (Å²) in [6, 6.07) is 0. The van der Waals surface area contributed by atoms with Crippen LogP contribution >= 0.6 is 0 Å². The number of likely N-dealkylation sites (N-methyl/N-ethyl adjacent to an activating group) is 1. The Labute approximate surface area is 248 Å². The van der Waals surface area contributed by atoms with Gasteiger partial charge in [0.25, 0.3) is 5.91 Å². The number of aliphatic hydroxyl groups excluding tert-OH is 5. The van der Waals surface area contributed by atoms with Gasteiger partial charge in [-0.2, -0.15) is 0 Å². The average molecular weight is 606 g/mol. The van der Waals surface area contributed by atoms with Crippen LogP contribution in [0.2, 0.25) is 0 Å². The fraction of sp³-hybridized carbons (Fsp3) is 0.966. The molecule has 14 atom stereocenters. The average Bonchev–Trinajstić information content (AvgIpc) is 2.98. The number of rotatable bonds is 7. The van der Waals surface area contributed by atoms with Gasteiger partial charge in [0.1, 0.15) is 48.8 Å². The highest BCUT2D eigenvalue weighted by Crippen LogP contribution is 2.37. The molecule has 1 amide bonds. The summed E-state index contributed by atoms with van der Waals surface area (Å²) in [7, 11) is 3.31. The number of amides is 1. The lowest BCUT2D eigenvalue weighted by atomic mass is 9.82. The Hall–Kier alpha value is -0.970. The topological polar surface area (TPSA) is 177 Å². The molecule has 0 aromatic carbocycles. The zero-order valence-corrected chi connectivity index (χ0v) is 25.2. The minimum atomic E-state index is -1.46. The van der Waals surface area contributed by atoms with Crippen molar-refractivity contribution in [2.75, 3.05) is 27.3 Å². The Morgan fingerprint density at radius 2 is 1.60 bits per heavy atom. The molecule has 1 aliphatic carbocycles. The molecule has 1 saturated carbocycles. The van der Waals surface area contributed by atoms with Gasteiger partial charge >= 0.3 is 0 Å². The van der Waals surface area contributed by atoms with Crippen molar-refractivity contribution in [3.63, 3.8) is 0 Å². The number of hydrogen-bond donors (Lipinski definition) is 5. The molecule has 0 bridgehead atoms. The highest BCUT2D eigenvalue weighted by atomic mass is 16.7. The number of ether oxygens (including phenoxy) is 6. The molecule has 244 valence electrons. The second kappa shape index (κ2) is 15.3. The molecule has 4 aliphatic rings. The molecule has 3 saturated heterocycles. The highest BCUT2D eigenvalue weighted by Gasteiger charge is 2.51. The molecule has 0 spiro atoms. The third-order valence-electron chi connectivity index (χ3n) is 9.08. The Bertz CT molecular complexity index is 849. The maximum absolute atomic E-state index is 13.0. The zero-order chi connectivity index (χ0) is 30.6. The Kier molecular flexibility index (Phi) is 12.4. The summed E-state index contributed by atoms with van der Waals surface area (Å²) in [6.45, 7) is 3.51. The van der Waals surface area contributed by atoms with Gasteiger partial charge in [0.2, 0.25) is 0 Å². The predicted octanol–water partition coefficient (Wildman–Crippen LogP) is -0.326. The summed E-state index contributed by atoms with van der Waals surface area (Å²) in [5.74, 6) is -0.175. The van der Waals surface area contributed by atoms with Gasteiger partial charge in [0.15, 0.2) is 12.6 Å². The number of aliphatic hydroxyl groups is 5. The van der Waals surface area contributed by atoms with Gasteiger partial charge < -0.3 is 58.9 Å². The zero-order valence-electron chi connectivity index (χ0n) is 25.2. The largest absolute Gasteiger partial charge is 0.394 e. The summed E-state index contributed by atoms with van der Waals surface area (Å²) in [4.78, 5) is 14.4. The van der Waals surface area contributed by atoms with E-state index in [1.54, 1.807) is 21.0 Å². The lowest BCUT2D eigenvalue weighted by Gasteiger charge is -2.48. The van der Waals surface area contributed by atoms with Gasteiger partial charge in [-0.25, -0.2) is 0 Å². The fourth-order valence-corrected chi connectivity index (χ4v) is 6.49. The molecule has 3 heterocycles. The van der Waals surface area contributed by atoms with Crippen molar-refractivity contribution in [1.82, 2.24) is 4.90 Å². The number of carbonyl (C=O) groups is 1. The number of fused-ring (bicyclic) bond motifs is 1. The maximum atomic E-state index is 13.0. The van der Waals surface area contributed by atoms with Crippen molar-refractivity contribution in [2.24, 2.45) is 5.92 Å². The highest BCUT2D eigenvalue weighted by molar-refractivity contribution is 5.80. The minimum Gasteiger partial charge on any atom is -0.394 e. The van der Waals surface area contributed by atoms with E-state index < -0.39 is 86.3 Å². The summed E-state index contributed by atoms with van der Waals surface area (Å²) in [6.07, 6.45) is -7.32. The van der Waals surface area contributed by atoms with Crippen LogP contribution in [0.25, 0.3) is 0 Å². The Balaban J connectivity index is 1.58. The van der Waals surface area contributed by atoms with Gasteiger partial charge in [-0.05, 0) is 38.5 Å². The van der Waals surface area contributed by atoms with Gasteiger partial charge in [-0.1, -0.05) is 32.6 Å². The van der Waals surface area contributed by atoms with E-state index in [9.17, 15) is 30.3 Å². The van der Waals surface area contributed by atoms with E-state index in [1.807, 2.05) is 6.92 Å². The molecule has 13 heteroatoms. The first kappa shape index (κ1) is 33.9. The monoisotopic (exact) mass is 605 g/mol. The van der Waals surface area contributed by atoms with Crippen LogP contribution in [-0.4, -0.2) is 143 Å². The maximum Gasteiger partial charge on any atom is 0.251 e. The molecule has 13 nitrogen and oxygen atoms in total. The van der Waals surface area contributed by atoms with Crippen molar-refractivity contribution in [2.45, 2.75) is 145 Å². The van der Waals surface area contributed by atoms with Crippen molar-refractivity contribution in [3.8, 4) is 0 Å². The quantitative estimate of drug-likeness (QED) is 0.256. The first-order chi connectivity index (χ1) is 20.1. The van der Waals surface area contributed by atoms with Crippen LogP contribution in [-0.2, 0) is 33.2 Å². The van der Waals surface area contributed by atoms with E-state index in [1.165, 1.54) is 4.90 Å². The van der Waals surface area contributed by atoms with E-state index in [4.69, 9.17) is 28.4 Å². The lowest BCUT2D eigenvalue weighted by Crippen LogP contribution is -2.64. The van der Waals surface area contributed by atoms with E-state index in [0.717, 1.165) is 38.5 Å². The van der Waals surface area contributed by atoms with Crippen LogP contribution in [0, 0.1) is 5.92 Å². The van der Waals surface area contributed by atoms with Crippen LogP contribution in [0.15, 0.2) is 0 Å². The summed E-state index contributed by atoms with van der Waals surface area (Å²) >= 11 is 0. The number of carbonyl (C=O) groups excluding carboxylic acids is 1. The first-order valence-corrected chi connectivity index (χ1v) is 15.5. The third-order valence-corrected chi connectivity index (χ3v) is 9.08. The van der Waals surface area contributed by atoms with Crippen molar-refractivity contribution >= 4 is 5.91 Å². The standard InChI is InChI=1S/C29H51NO12/c1-5-16-10-9-12-17(24(16)42-28-23(35)22(34)20(32)15(2)38-28)40-29-26-25(21(33)19(14-31)41-29)39-18(27(36)30(3)4)11-7-6-8-13-37-26/h15-26,28-29,31-35H,5-14H2,1-4H3. The van der Waals surface area contributed by atoms with E-state index >= 15 is 0 Å². The van der Waals surface area contributed by atoms with Gasteiger partial charge in [-0.15, -0.1) is 0 Å². The molecule has 0 aromatic rings.